The van der Waals surface area contributed by atoms with Crippen molar-refractivity contribution in [1.29, 1.82) is 0 Å². The number of Topliss-reactive ketones (excluding diaryl/α,β-unsaturated/α-hetero) is 2. The van der Waals surface area contributed by atoms with Gasteiger partial charge in [-0.2, -0.15) is 0 Å². The molecule has 0 aromatic heterocycles. The lowest BCUT2D eigenvalue weighted by molar-refractivity contribution is -0.852. The first-order valence-corrected chi connectivity index (χ1v) is 23.5. The summed E-state index contributed by atoms with van der Waals surface area (Å²) in [4.78, 5) is 35.4. The molecule has 4 saturated carbocycles. The van der Waals surface area contributed by atoms with E-state index in [9.17, 15) is 15.0 Å². The monoisotopic (exact) mass is 804 g/mol. The molecule has 5 aliphatic carbocycles. The van der Waals surface area contributed by atoms with Crippen LogP contribution in [-0.2, 0) is 20.7 Å². The number of quaternary nitrogens is 1. The van der Waals surface area contributed by atoms with E-state index >= 15 is 4.79 Å². The Hall–Kier alpha value is -2.71. The van der Waals surface area contributed by atoms with E-state index in [1.54, 1.807) is 0 Å². The maximum atomic E-state index is 15.2. The third-order valence-electron chi connectivity index (χ3n) is 19.2. The molecular formula is C52H71N2O5+. The number of carbonyl (C=O) groups is 2. The smallest absolute Gasteiger partial charge is 0.162 e. The highest BCUT2D eigenvalue weighted by atomic mass is 16.6. The SMILES string of the molecule is Cc1cc(CC2=C3N=CC4=C3[NH+](C2)CC2C3=C(C(=O)CC3(C)C3(C)CCC5C(C)(C)C(=O)CCC5(C)C3C2O)C(C)(CC(O)C2OC2(C)C)CC4)cc(C2CCCC2)c1. The Bertz CT molecular complexity index is 2150. The van der Waals surface area contributed by atoms with Crippen molar-refractivity contribution in [2.45, 2.75) is 176 Å². The molecule has 4 heterocycles. The van der Waals surface area contributed by atoms with Crippen LogP contribution in [0.4, 0.5) is 0 Å². The molecule has 0 amide bonds. The number of allylic oxidation sites excluding steroid dienone is 2. The van der Waals surface area contributed by atoms with Crippen LogP contribution >= 0.6 is 0 Å². The summed E-state index contributed by atoms with van der Waals surface area (Å²) < 4.78 is 6.03. The fraction of sp³-hybridized carbons (Fsp3) is 0.712. The molecule has 10 rings (SSSR count). The molecule has 0 spiro atoms. The summed E-state index contributed by atoms with van der Waals surface area (Å²) in [6.07, 6.45) is 12.1. The van der Waals surface area contributed by atoms with Crippen LogP contribution in [0.1, 0.15) is 155 Å². The lowest BCUT2D eigenvalue weighted by Crippen LogP contribution is -3.10. The summed E-state index contributed by atoms with van der Waals surface area (Å²) >= 11 is 0. The Morgan fingerprint density at radius 3 is 2.39 bits per heavy atom. The van der Waals surface area contributed by atoms with Gasteiger partial charge in [-0.05, 0) is 123 Å². The molecule has 1 aromatic carbocycles. The summed E-state index contributed by atoms with van der Waals surface area (Å²) in [5, 5.41) is 25.4. The van der Waals surface area contributed by atoms with E-state index in [1.807, 2.05) is 13.8 Å². The van der Waals surface area contributed by atoms with Gasteiger partial charge in [-0.3, -0.25) is 14.5 Å². The van der Waals surface area contributed by atoms with Crippen LogP contribution in [-0.4, -0.2) is 65.0 Å². The number of carbonyl (C=O) groups excluding carboxylic acids is 2. The van der Waals surface area contributed by atoms with Crippen molar-refractivity contribution in [2.24, 2.45) is 49.8 Å². The van der Waals surface area contributed by atoms with Crippen molar-refractivity contribution in [3.05, 3.63) is 68.6 Å². The maximum absolute atomic E-state index is 15.2. The molecule has 1 saturated heterocycles. The number of hydrogen-bond donors (Lipinski definition) is 3. The lowest BCUT2D eigenvalue weighted by atomic mass is 9.34. The topological polar surface area (TPSA) is 104 Å². The number of aryl methyl sites for hydroxylation is 1. The minimum Gasteiger partial charge on any atom is -0.392 e. The molecule has 7 heteroatoms. The Morgan fingerprint density at radius 1 is 0.949 bits per heavy atom. The molecule has 11 atom stereocenters. The van der Waals surface area contributed by atoms with Crippen molar-refractivity contribution in [3.8, 4) is 0 Å². The van der Waals surface area contributed by atoms with Gasteiger partial charge >= 0.3 is 0 Å². The Labute approximate surface area is 353 Å². The van der Waals surface area contributed by atoms with Crippen molar-refractivity contribution < 1.29 is 29.4 Å². The molecule has 4 aliphatic heterocycles. The summed E-state index contributed by atoms with van der Waals surface area (Å²) in [5.41, 5.74) is 8.88. The highest BCUT2D eigenvalue weighted by Gasteiger charge is 2.73. The lowest BCUT2D eigenvalue weighted by Gasteiger charge is -2.70. The number of benzene rings is 1. The number of fused-ring (bicyclic) bond motifs is 4. The molecule has 11 unspecified atom stereocenters. The normalized spacial score (nSPS) is 42.6. The third kappa shape index (κ3) is 5.75. The number of ketones is 2. The predicted octanol–water partition coefficient (Wildman–Crippen LogP) is 8.11. The van der Waals surface area contributed by atoms with Crippen LogP contribution in [0.3, 0.4) is 0 Å². The van der Waals surface area contributed by atoms with E-state index in [2.05, 4.69) is 72.9 Å². The van der Waals surface area contributed by atoms with Gasteiger partial charge in [-0.15, -0.1) is 0 Å². The Kier molecular flexibility index (Phi) is 9.00. The van der Waals surface area contributed by atoms with E-state index in [1.165, 1.54) is 69.7 Å². The van der Waals surface area contributed by atoms with E-state index in [4.69, 9.17) is 9.73 Å². The predicted molar refractivity (Wildman–Crippen MR) is 231 cm³/mol. The largest absolute Gasteiger partial charge is 0.392 e. The molecule has 5 fully saturated rings. The third-order valence-corrected chi connectivity index (χ3v) is 19.2. The molecule has 0 radical (unpaired) electrons. The van der Waals surface area contributed by atoms with Crippen LogP contribution in [0, 0.1) is 51.8 Å². The van der Waals surface area contributed by atoms with Crippen LogP contribution in [0.25, 0.3) is 0 Å². The first kappa shape index (κ1) is 40.4. The molecular weight excluding hydrogens is 733 g/mol. The van der Waals surface area contributed by atoms with Crippen molar-refractivity contribution >= 4 is 17.8 Å². The van der Waals surface area contributed by atoms with Crippen molar-refractivity contribution in [3.63, 3.8) is 0 Å². The number of epoxide rings is 1. The summed E-state index contributed by atoms with van der Waals surface area (Å²) in [6, 6.07) is 7.25. The van der Waals surface area contributed by atoms with Gasteiger partial charge in [0.2, 0.25) is 0 Å². The van der Waals surface area contributed by atoms with Crippen LogP contribution < -0.4 is 4.90 Å². The van der Waals surface area contributed by atoms with Gasteiger partial charge in [-0.1, -0.05) is 78.1 Å². The van der Waals surface area contributed by atoms with Crippen molar-refractivity contribution in [1.82, 2.24) is 0 Å². The quantitative estimate of drug-likeness (QED) is 0.253. The minimum absolute atomic E-state index is 0.0593. The van der Waals surface area contributed by atoms with E-state index in [0.29, 0.717) is 37.5 Å². The number of aliphatic hydroxyl groups excluding tert-OH is 2. The van der Waals surface area contributed by atoms with Crippen LogP contribution in [0.15, 0.2) is 56.9 Å². The second kappa shape index (κ2) is 13.2. The number of rotatable bonds is 6. The molecule has 3 N–H and O–H groups in total. The summed E-state index contributed by atoms with van der Waals surface area (Å²) in [5.74, 6) is 1.10. The van der Waals surface area contributed by atoms with Gasteiger partial charge in [0, 0.05) is 53.0 Å². The first-order chi connectivity index (χ1) is 27.7. The maximum Gasteiger partial charge on any atom is 0.162 e. The van der Waals surface area contributed by atoms with Crippen LogP contribution in [0.5, 0.6) is 0 Å². The number of aliphatic hydroxyl groups is 2. The average molecular weight is 804 g/mol. The van der Waals surface area contributed by atoms with Gasteiger partial charge in [-0.25, -0.2) is 4.99 Å². The zero-order chi connectivity index (χ0) is 41.8. The van der Waals surface area contributed by atoms with Gasteiger partial charge in [0.05, 0.1) is 30.3 Å². The molecule has 59 heavy (non-hydrogen) atoms. The molecule has 9 aliphatic rings. The highest BCUT2D eigenvalue weighted by Crippen LogP contribution is 2.75. The number of nitrogens with zero attached hydrogens (tertiary/aromatic N) is 1. The zero-order valence-electron chi connectivity index (χ0n) is 37.5. The van der Waals surface area contributed by atoms with E-state index in [0.717, 1.165) is 56.3 Å². The second-order valence-corrected chi connectivity index (χ2v) is 23.4. The van der Waals surface area contributed by atoms with E-state index in [-0.39, 0.29) is 46.1 Å². The molecule has 1 aromatic rings. The minimum atomic E-state index is -0.702. The summed E-state index contributed by atoms with van der Waals surface area (Å²) in [6.45, 7) is 21.6. The summed E-state index contributed by atoms with van der Waals surface area (Å²) in [7, 11) is 0. The number of nitrogens with one attached hydrogen (secondary N) is 1. The average Bonchev–Trinajstić information content (AvgIpc) is 3.69. The highest BCUT2D eigenvalue weighted by molar-refractivity contribution is 6.02. The molecule has 318 valence electrons. The zero-order valence-corrected chi connectivity index (χ0v) is 37.5. The molecule has 7 nitrogen and oxygen atoms in total. The number of hydrogen-bond acceptors (Lipinski definition) is 6. The van der Waals surface area contributed by atoms with Crippen LogP contribution in [0.2, 0.25) is 0 Å². The molecule has 0 bridgehead atoms. The second-order valence-electron chi connectivity index (χ2n) is 23.4. The number of ether oxygens (including phenoxy) is 1. The first-order valence-electron chi connectivity index (χ1n) is 23.5. The Balaban J connectivity index is 1.10. The fourth-order valence-electron chi connectivity index (χ4n) is 16.2. The van der Waals surface area contributed by atoms with Gasteiger partial charge in [0.25, 0.3) is 0 Å². The standard InChI is InChI=1S/C52H70N2O5/c1-29-20-30(22-33(21-29)31-12-10-11-13-31)23-34-27-54-28-35-40-41(49(6,24-37(56)46-48(4,5)59-46)17-14-32-26-53-42(34)43(32)54)36(55)25-52(40,9)51(8)19-15-38-47(2,3)39(57)16-18-50(38,7)45(51)44(35)58/h20-22,26,31,35,37-38,44-46,56,58H,10-19,23-25,27-28H2,1-9H3/p+1. The van der Waals surface area contributed by atoms with Gasteiger partial charge in [0.15, 0.2) is 11.5 Å². The van der Waals surface area contributed by atoms with Gasteiger partial charge < -0.3 is 14.9 Å². The van der Waals surface area contributed by atoms with E-state index < -0.39 is 28.5 Å². The Morgan fingerprint density at radius 2 is 1.68 bits per heavy atom. The fourth-order valence-corrected chi connectivity index (χ4v) is 16.2. The van der Waals surface area contributed by atoms with Gasteiger partial charge in [0.1, 0.15) is 24.1 Å². The van der Waals surface area contributed by atoms with Crippen molar-refractivity contribution in [2.75, 3.05) is 13.1 Å². The number of aliphatic imine (C=N–C) groups is 1.